The molecule has 5 rings (SSSR count). The van der Waals surface area contributed by atoms with Crippen LogP contribution in [0.15, 0.2) is 67.1 Å². The number of carbonyl (C=O) groups excluding carboxylic acids is 1. The van der Waals surface area contributed by atoms with E-state index in [-0.39, 0.29) is 12.0 Å². The van der Waals surface area contributed by atoms with E-state index in [0.717, 1.165) is 11.6 Å². The molecule has 1 aliphatic heterocycles. The Bertz CT molecular complexity index is 1430. The standard InChI is InChI=1S/C28H29F2N7O2/c1-18-26(27(19-6-4-3-5-7-19)35-37(18)25-15-31-10-11-32-25)34-28(38)33-24-17-36(12-13-39-2)16-21(24)20-8-9-22(29)23(30)14-20/h3-11,14-15,21,24H,12-13,16-17H2,1-2H3,(H2,33,34,38)/t21-,24+/m0/s1. The number of aromatic nitrogens is 4. The molecular weight excluding hydrogens is 504 g/mol. The molecule has 4 aromatic rings. The number of nitrogens with one attached hydrogen (secondary N) is 2. The Balaban J connectivity index is 1.42. The molecule has 1 fully saturated rings. The monoisotopic (exact) mass is 533 g/mol. The van der Waals surface area contributed by atoms with Gasteiger partial charge in [-0.15, -0.1) is 0 Å². The lowest BCUT2D eigenvalue weighted by molar-refractivity contribution is 0.159. The zero-order chi connectivity index (χ0) is 27.4. The second-order valence-electron chi connectivity index (χ2n) is 9.39. The Morgan fingerprint density at radius 3 is 2.64 bits per heavy atom. The molecular formula is C28H29F2N7O2. The first-order valence-corrected chi connectivity index (χ1v) is 12.6. The second-order valence-corrected chi connectivity index (χ2v) is 9.39. The molecule has 0 bridgehead atoms. The van der Waals surface area contributed by atoms with Crippen LogP contribution in [-0.2, 0) is 4.74 Å². The fourth-order valence-corrected chi connectivity index (χ4v) is 4.91. The zero-order valence-electron chi connectivity index (χ0n) is 21.6. The van der Waals surface area contributed by atoms with Gasteiger partial charge in [-0.05, 0) is 24.6 Å². The van der Waals surface area contributed by atoms with Crippen molar-refractivity contribution in [2.24, 2.45) is 0 Å². The number of urea groups is 1. The van der Waals surface area contributed by atoms with Crippen molar-refractivity contribution in [2.45, 2.75) is 18.9 Å². The van der Waals surface area contributed by atoms with Gasteiger partial charge in [-0.25, -0.2) is 23.2 Å². The summed E-state index contributed by atoms with van der Waals surface area (Å²) in [6.45, 7) is 4.11. The highest BCUT2D eigenvalue weighted by Gasteiger charge is 2.35. The molecule has 39 heavy (non-hydrogen) atoms. The molecule has 0 aliphatic carbocycles. The first kappa shape index (κ1) is 26.4. The minimum atomic E-state index is -0.911. The van der Waals surface area contributed by atoms with Crippen LogP contribution in [0.3, 0.4) is 0 Å². The Hall–Kier alpha value is -4.22. The van der Waals surface area contributed by atoms with Crippen LogP contribution in [0, 0.1) is 18.6 Å². The lowest BCUT2D eigenvalue weighted by Gasteiger charge is -2.21. The van der Waals surface area contributed by atoms with Crippen molar-refractivity contribution >= 4 is 11.7 Å². The normalized spacial score (nSPS) is 17.3. The van der Waals surface area contributed by atoms with Crippen LogP contribution in [0.5, 0.6) is 0 Å². The van der Waals surface area contributed by atoms with Crippen molar-refractivity contribution < 1.29 is 18.3 Å². The average Bonchev–Trinajstić information content (AvgIpc) is 3.50. The van der Waals surface area contributed by atoms with Crippen LogP contribution < -0.4 is 10.6 Å². The second kappa shape index (κ2) is 11.7. The summed E-state index contributed by atoms with van der Waals surface area (Å²) in [7, 11) is 1.62. The van der Waals surface area contributed by atoms with Crippen LogP contribution in [0.1, 0.15) is 17.2 Å². The molecule has 9 nitrogen and oxygen atoms in total. The summed E-state index contributed by atoms with van der Waals surface area (Å²) in [5, 5.41) is 10.8. The fraction of sp³-hybridized carbons (Fsp3) is 0.286. The Morgan fingerprint density at radius 1 is 1.10 bits per heavy atom. The number of methoxy groups -OCH3 is 1. The Morgan fingerprint density at radius 2 is 1.92 bits per heavy atom. The number of rotatable bonds is 8. The highest BCUT2D eigenvalue weighted by Crippen LogP contribution is 2.32. The van der Waals surface area contributed by atoms with Crippen molar-refractivity contribution in [3.05, 3.63) is 90.0 Å². The summed E-state index contributed by atoms with van der Waals surface area (Å²) in [5.74, 6) is -1.53. The van der Waals surface area contributed by atoms with Gasteiger partial charge < -0.3 is 15.4 Å². The van der Waals surface area contributed by atoms with Crippen LogP contribution in [0.25, 0.3) is 17.1 Å². The van der Waals surface area contributed by atoms with E-state index in [2.05, 4.69) is 25.5 Å². The summed E-state index contributed by atoms with van der Waals surface area (Å²) >= 11 is 0. The summed E-state index contributed by atoms with van der Waals surface area (Å²) in [5.41, 5.74) is 3.23. The highest BCUT2D eigenvalue weighted by molar-refractivity contribution is 5.95. The van der Waals surface area contributed by atoms with E-state index in [9.17, 15) is 13.6 Å². The van der Waals surface area contributed by atoms with E-state index in [0.29, 0.717) is 54.7 Å². The minimum Gasteiger partial charge on any atom is -0.383 e. The predicted octanol–water partition coefficient (Wildman–Crippen LogP) is 4.15. The molecule has 0 saturated carbocycles. The molecule has 0 radical (unpaired) electrons. The van der Waals surface area contributed by atoms with E-state index < -0.39 is 17.7 Å². The third-order valence-electron chi connectivity index (χ3n) is 6.86. The number of nitrogens with zero attached hydrogens (tertiary/aromatic N) is 5. The summed E-state index contributed by atoms with van der Waals surface area (Å²) in [4.78, 5) is 24.0. The molecule has 2 aromatic carbocycles. The van der Waals surface area contributed by atoms with Gasteiger partial charge in [0.2, 0.25) is 0 Å². The molecule has 1 aliphatic rings. The van der Waals surface area contributed by atoms with Gasteiger partial charge >= 0.3 is 6.03 Å². The van der Waals surface area contributed by atoms with Crippen LogP contribution in [0.4, 0.5) is 19.3 Å². The topological polar surface area (TPSA) is 97.2 Å². The van der Waals surface area contributed by atoms with Gasteiger partial charge in [0.25, 0.3) is 0 Å². The van der Waals surface area contributed by atoms with Crippen molar-refractivity contribution in [3.63, 3.8) is 0 Å². The molecule has 2 amide bonds. The number of halogens is 2. The average molecular weight is 534 g/mol. The largest absolute Gasteiger partial charge is 0.383 e. The van der Waals surface area contributed by atoms with E-state index in [4.69, 9.17) is 9.84 Å². The third-order valence-corrected chi connectivity index (χ3v) is 6.86. The van der Waals surface area contributed by atoms with Crippen LogP contribution in [-0.4, -0.2) is 70.1 Å². The van der Waals surface area contributed by atoms with Gasteiger partial charge in [-0.3, -0.25) is 9.88 Å². The maximum atomic E-state index is 14.1. The number of anilines is 1. The molecule has 2 atom stereocenters. The van der Waals surface area contributed by atoms with Crippen molar-refractivity contribution in [1.29, 1.82) is 0 Å². The first-order chi connectivity index (χ1) is 18.9. The molecule has 202 valence electrons. The zero-order valence-corrected chi connectivity index (χ0v) is 21.6. The summed E-state index contributed by atoms with van der Waals surface area (Å²) in [6.07, 6.45) is 4.75. The van der Waals surface area contributed by atoms with E-state index in [1.54, 1.807) is 36.4 Å². The smallest absolute Gasteiger partial charge is 0.319 e. The maximum absolute atomic E-state index is 14.1. The summed E-state index contributed by atoms with van der Waals surface area (Å²) in [6, 6.07) is 12.6. The minimum absolute atomic E-state index is 0.236. The molecule has 0 unspecified atom stereocenters. The summed E-state index contributed by atoms with van der Waals surface area (Å²) < 4.78 is 34.5. The van der Waals surface area contributed by atoms with E-state index >= 15 is 0 Å². The number of ether oxygens (including phenoxy) is 1. The Kier molecular flexibility index (Phi) is 7.89. The number of hydrogen-bond donors (Lipinski definition) is 2. The Labute approximate surface area is 224 Å². The number of amides is 2. The molecule has 2 N–H and O–H groups in total. The lowest BCUT2D eigenvalue weighted by Crippen LogP contribution is -2.42. The van der Waals surface area contributed by atoms with Crippen molar-refractivity contribution in [3.8, 4) is 17.1 Å². The maximum Gasteiger partial charge on any atom is 0.319 e. The number of benzene rings is 2. The first-order valence-electron chi connectivity index (χ1n) is 12.6. The van der Waals surface area contributed by atoms with E-state index in [1.807, 2.05) is 37.3 Å². The van der Waals surface area contributed by atoms with Gasteiger partial charge in [-0.2, -0.15) is 5.10 Å². The predicted molar refractivity (Wildman–Crippen MR) is 143 cm³/mol. The number of carbonyl (C=O) groups is 1. The SMILES string of the molecule is COCCN1C[C@@H](NC(=O)Nc2c(-c3ccccc3)nn(-c3cnccn3)c2C)[C@H](c2ccc(F)c(F)c2)C1. The molecule has 0 spiro atoms. The van der Waals surface area contributed by atoms with Gasteiger partial charge in [-0.1, -0.05) is 36.4 Å². The van der Waals surface area contributed by atoms with Crippen molar-refractivity contribution in [2.75, 3.05) is 38.7 Å². The molecule has 11 heteroatoms. The number of hydrogen-bond acceptors (Lipinski definition) is 6. The van der Waals surface area contributed by atoms with E-state index in [1.165, 1.54) is 6.07 Å². The molecule has 3 heterocycles. The van der Waals surface area contributed by atoms with Crippen LogP contribution >= 0.6 is 0 Å². The van der Waals surface area contributed by atoms with Gasteiger partial charge in [0.1, 0.15) is 5.69 Å². The van der Waals surface area contributed by atoms with Gasteiger partial charge in [0, 0.05) is 50.6 Å². The molecule has 1 saturated heterocycles. The van der Waals surface area contributed by atoms with Crippen molar-refractivity contribution in [1.82, 2.24) is 30.0 Å². The number of likely N-dealkylation sites (tertiary alicyclic amines) is 1. The van der Waals surface area contributed by atoms with Gasteiger partial charge in [0.15, 0.2) is 17.5 Å². The lowest BCUT2D eigenvalue weighted by atomic mass is 9.94. The quantitative estimate of drug-likeness (QED) is 0.353. The third kappa shape index (κ3) is 5.79. The van der Waals surface area contributed by atoms with Gasteiger partial charge in [0.05, 0.1) is 30.2 Å². The van der Waals surface area contributed by atoms with Crippen LogP contribution in [0.2, 0.25) is 0 Å². The fourth-order valence-electron chi connectivity index (χ4n) is 4.91. The molecule has 2 aromatic heterocycles. The highest BCUT2D eigenvalue weighted by atomic mass is 19.2.